The fourth-order valence-corrected chi connectivity index (χ4v) is 3.53. The molecule has 1 aliphatic rings. The molecule has 0 radical (unpaired) electrons. The van der Waals surface area contributed by atoms with E-state index in [9.17, 15) is 4.79 Å². The van der Waals surface area contributed by atoms with Crippen LogP contribution in [0, 0.1) is 13.8 Å². The second-order valence-electron chi connectivity index (χ2n) is 7.53. The van der Waals surface area contributed by atoms with E-state index in [4.69, 9.17) is 9.47 Å². The number of amides is 1. The van der Waals surface area contributed by atoms with Gasteiger partial charge in [0.15, 0.2) is 11.5 Å². The van der Waals surface area contributed by atoms with Gasteiger partial charge in [0.05, 0.1) is 12.6 Å². The summed E-state index contributed by atoms with van der Waals surface area (Å²) in [6, 6.07) is 22.3. The summed E-state index contributed by atoms with van der Waals surface area (Å²) in [7, 11) is 0. The molecule has 5 nitrogen and oxygen atoms in total. The number of fused-ring (bicyclic) bond motifs is 1. The number of carbonyl (C=O) groups is 1. The summed E-state index contributed by atoms with van der Waals surface area (Å²) in [6.45, 7) is 5.12. The van der Waals surface area contributed by atoms with Crippen molar-refractivity contribution in [3.05, 3.63) is 94.5 Å². The van der Waals surface area contributed by atoms with Crippen molar-refractivity contribution in [2.45, 2.75) is 26.4 Å². The van der Waals surface area contributed by atoms with Gasteiger partial charge >= 0.3 is 0 Å². The second kappa shape index (κ2) is 9.01. The Balaban J connectivity index is 1.40. The van der Waals surface area contributed by atoms with E-state index in [0.29, 0.717) is 6.54 Å². The lowest BCUT2D eigenvalue weighted by Gasteiger charge is -2.21. The molecule has 0 fully saturated rings. The van der Waals surface area contributed by atoms with Crippen molar-refractivity contribution < 1.29 is 14.3 Å². The molecule has 3 aromatic carbocycles. The number of aryl methyl sites for hydroxylation is 2. The normalized spacial score (nSPS) is 13.1. The molecule has 0 unspecified atom stereocenters. The predicted octanol–water partition coefficient (Wildman–Crippen LogP) is 4.03. The number of hydrogen-bond donors (Lipinski definition) is 2. The van der Waals surface area contributed by atoms with Crippen LogP contribution >= 0.6 is 0 Å². The van der Waals surface area contributed by atoms with Crippen LogP contribution in [0.1, 0.15) is 33.9 Å². The number of rotatable bonds is 7. The van der Waals surface area contributed by atoms with Crippen LogP contribution in [0.2, 0.25) is 0 Å². The number of benzene rings is 3. The van der Waals surface area contributed by atoms with Gasteiger partial charge in [-0.1, -0.05) is 54.6 Å². The molecule has 2 N–H and O–H groups in total. The maximum Gasteiger partial charge on any atom is 0.234 e. The van der Waals surface area contributed by atoms with Crippen LogP contribution in [0.15, 0.2) is 66.7 Å². The van der Waals surface area contributed by atoms with Crippen LogP contribution in [0.3, 0.4) is 0 Å². The molecule has 30 heavy (non-hydrogen) atoms. The van der Waals surface area contributed by atoms with Gasteiger partial charge in [0.1, 0.15) is 0 Å². The van der Waals surface area contributed by atoms with Crippen molar-refractivity contribution in [2.75, 3.05) is 13.3 Å². The molecule has 1 heterocycles. The maximum atomic E-state index is 12.5. The molecular formula is C25H26N2O3. The van der Waals surface area contributed by atoms with E-state index in [1.54, 1.807) is 0 Å². The Morgan fingerprint density at radius 3 is 2.50 bits per heavy atom. The second-order valence-corrected chi connectivity index (χ2v) is 7.53. The topological polar surface area (TPSA) is 59.6 Å². The van der Waals surface area contributed by atoms with Gasteiger partial charge in [0, 0.05) is 6.54 Å². The van der Waals surface area contributed by atoms with Crippen LogP contribution in [0.4, 0.5) is 0 Å². The van der Waals surface area contributed by atoms with Gasteiger partial charge in [-0.3, -0.25) is 10.1 Å². The molecule has 0 saturated carbocycles. The van der Waals surface area contributed by atoms with Crippen molar-refractivity contribution in [2.24, 2.45) is 0 Å². The maximum absolute atomic E-state index is 12.5. The first-order valence-corrected chi connectivity index (χ1v) is 10.1. The standard InChI is InChI=1S/C25H26N2O3/c1-17-8-10-21(12-18(17)2)25(20-6-4-3-5-7-20)27-15-24(28)26-14-19-9-11-22-23(13-19)30-16-29-22/h3-13,25,27H,14-16H2,1-2H3,(H,26,28)/t25-/m1/s1. The largest absolute Gasteiger partial charge is 0.454 e. The van der Waals surface area contributed by atoms with Gasteiger partial charge in [-0.25, -0.2) is 0 Å². The monoisotopic (exact) mass is 402 g/mol. The summed E-state index contributed by atoms with van der Waals surface area (Å²) in [4.78, 5) is 12.5. The van der Waals surface area contributed by atoms with Gasteiger partial charge in [-0.15, -0.1) is 0 Å². The third-order valence-electron chi connectivity index (χ3n) is 5.39. The molecule has 1 atom stereocenters. The van der Waals surface area contributed by atoms with E-state index in [1.807, 2.05) is 36.4 Å². The first-order valence-electron chi connectivity index (χ1n) is 10.1. The molecule has 1 aliphatic heterocycles. The first-order chi connectivity index (χ1) is 14.6. The molecule has 0 aromatic heterocycles. The summed E-state index contributed by atoms with van der Waals surface area (Å²) >= 11 is 0. The summed E-state index contributed by atoms with van der Waals surface area (Å²) in [5.74, 6) is 1.40. The number of carbonyl (C=O) groups excluding carboxylic acids is 1. The van der Waals surface area contributed by atoms with E-state index in [2.05, 4.69) is 54.8 Å². The zero-order chi connectivity index (χ0) is 20.9. The Morgan fingerprint density at radius 1 is 0.900 bits per heavy atom. The Labute approximate surface area is 177 Å². The van der Waals surface area contributed by atoms with Crippen LogP contribution < -0.4 is 20.1 Å². The summed E-state index contributed by atoms with van der Waals surface area (Å²) in [5, 5.41) is 6.39. The third-order valence-corrected chi connectivity index (χ3v) is 5.39. The van der Waals surface area contributed by atoms with Gasteiger partial charge in [0.25, 0.3) is 0 Å². The fourth-order valence-electron chi connectivity index (χ4n) is 3.53. The predicted molar refractivity (Wildman–Crippen MR) is 117 cm³/mol. The lowest BCUT2D eigenvalue weighted by Crippen LogP contribution is -2.35. The highest BCUT2D eigenvalue weighted by atomic mass is 16.7. The summed E-state index contributed by atoms with van der Waals surface area (Å²) < 4.78 is 10.7. The first kappa shape index (κ1) is 20.0. The highest BCUT2D eigenvalue weighted by Crippen LogP contribution is 2.32. The van der Waals surface area contributed by atoms with E-state index in [0.717, 1.165) is 28.2 Å². The summed E-state index contributed by atoms with van der Waals surface area (Å²) in [6.07, 6.45) is 0. The summed E-state index contributed by atoms with van der Waals surface area (Å²) in [5.41, 5.74) is 5.74. The minimum absolute atomic E-state index is 0.0539. The minimum Gasteiger partial charge on any atom is -0.454 e. The molecule has 0 saturated heterocycles. The highest BCUT2D eigenvalue weighted by Gasteiger charge is 2.16. The van der Waals surface area contributed by atoms with Gasteiger partial charge in [-0.2, -0.15) is 0 Å². The average molecular weight is 402 g/mol. The molecule has 1 amide bonds. The number of nitrogens with one attached hydrogen (secondary N) is 2. The molecular weight excluding hydrogens is 376 g/mol. The van der Waals surface area contributed by atoms with Crippen molar-refractivity contribution >= 4 is 5.91 Å². The van der Waals surface area contributed by atoms with Crippen LogP contribution in [0.5, 0.6) is 11.5 Å². The lowest BCUT2D eigenvalue weighted by molar-refractivity contribution is -0.120. The van der Waals surface area contributed by atoms with E-state index >= 15 is 0 Å². The zero-order valence-corrected chi connectivity index (χ0v) is 17.3. The van der Waals surface area contributed by atoms with Crippen LogP contribution in [-0.2, 0) is 11.3 Å². The molecule has 4 rings (SSSR count). The van der Waals surface area contributed by atoms with Crippen LogP contribution in [-0.4, -0.2) is 19.2 Å². The van der Waals surface area contributed by atoms with Gasteiger partial charge < -0.3 is 14.8 Å². The molecule has 5 heteroatoms. The molecule has 0 spiro atoms. The Kier molecular flexibility index (Phi) is 6.00. The highest BCUT2D eigenvalue weighted by molar-refractivity contribution is 5.78. The Bertz CT molecular complexity index is 1030. The Hall–Kier alpha value is -3.31. The SMILES string of the molecule is Cc1ccc([C@H](NCC(=O)NCc2ccc3c(c2)OCO3)c2ccccc2)cc1C. The zero-order valence-electron chi connectivity index (χ0n) is 17.3. The minimum atomic E-state index is -0.0579. The Morgan fingerprint density at radius 2 is 1.70 bits per heavy atom. The van der Waals surface area contributed by atoms with E-state index < -0.39 is 0 Å². The van der Waals surface area contributed by atoms with Crippen molar-refractivity contribution in [1.29, 1.82) is 0 Å². The number of ether oxygens (including phenoxy) is 2. The van der Waals surface area contributed by atoms with E-state index in [1.165, 1.54) is 11.1 Å². The van der Waals surface area contributed by atoms with Gasteiger partial charge in [-0.05, 0) is 53.8 Å². The molecule has 0 bridgehead atoms. The fraction of sp³-hybridized carbons (Fsp3) is 0.240. The van der Waals surface area contributed by atoms with E-state index in [-0.39, 0.29) is 25.3 Å². The van der Waals surface area contributed by atoms with Crippen molar-refractivity contribution in [3.8, 4) is 11.5 Å². The van der Waals surface area contributed by atoms with Crippen molar-refractivity contribution in [3.63, 3.8) is 0 Å². The lowest BCUT2D eigenvalue weighted by atomic mass is 9.95. The third kappa shape index (κ3) is 4.63. The quantitative estimate of drug-likeness (QED) is 0.627. The average Bonchev–Trinajstić information content (AvgIpc) is 3.23. The number of hydrogen-bond acceptors (Lipinski definition) is 4. The molecule has 3 aromatic rings. The smallest absolute Gasteiger partial charge is 0.234 e. The van der Waals surface area contributed by atoms with Crippen LogP contribution in [0.25, 0.3) is 0 Å². The molecule has 0 aliphatic carbocycles. The molecule has 154 valence electrons. The van der Waals surface area contributed by atoms with Gasteiger partial charge in [0.2, 0.25) is 12.7 Å². The van der Waals surface area contributed by atoms with Crippen molar-refractivity contribution in [1.82, 2.24) is 10.6 Å².